The fourth-order valence-corrected chi connectivity index (χ4v) is 4.73. The van der Waals surface area contributed by atoms with E-state index < -0.39 is 29.1 Å². The topological polar surface area (TPSA) is 93.1 Å². The van der Waals surface area contributed by atoms with Gasteiger partial charge in [-0.3, -0.25) is 4.79 Å². The Labute approximate surface area is 160 Å². The number of cyclic esters (lactones) is 1. The van der Waals surface area contributed by atoms with E-state index in [0.717, 1.165) is 49.0 Å². The number of ether oxygens (including phenoxy) is 2. The van der Waals surface area contributed by atoms with Gasteiger partial charge in [-0.2, -0.15) is 0 Å². The second-order valence-corrected chi connectivity index (χ2v) is 8.71. The summed E-state index contributed by atoms with van der Waals surface area (Å²) in [5.74, 6) is -2.60. The number of quaternary nitrogens is 1. The van der Waals surface area contributed by atoms with Gasteiger partial charge in [-0.25, -0.2) is 4.79 Å². The predicted octanol–water partition coefficient (Wildman–Crippen LogP) is 0.922. The quantitative estimate of drug-likeness (QED) is 0.428. The standard InChI is InChI=1S/C20H32NO6/c1-5-6-9-21-10-7-14-12-26-18(23)20(4,25)19(3,24)13(2)17(22)27-15(8-11-21)16(14)21/h7,13,15-16,24-25H,5-6,8-12H2,1-4H3/q+1. The van der Waals surface area contributed by atoms with E-state index in [9.17, 15) is 19.8 Å². The molecule has 3 heterocycles. The van der Waals surface area contributed by atoms with Crippen LogP contribution in [0, 0.1) is 5.92 Å². The largest absolute Gasteiger partial charge is 0.459 e. The van der Waals surface area contributed by atoms with Crippen LogP contribution in [0.25, 0.3) is 0 Å². The number of hydrogen-bond acceptors (Lipinski definition) is 6. The van der Waals surface area contributed by atoms with Gasteiger partial charge in [-0.1, -0.05) is 13.3 Å². The number of nitrogens with zero attached hydrogens (tertiary/aromatic N) is 1. The Balaban J connectivity index is 1.95. The minimum absolute atomic E-state index is 0.0199. The van der Waals surface area contributed by atoms with Crippen LogP contribution in [0.4, 0.5) is 0 Å². The van der Waals surface area contributed by atoms with Crippen LogP contribution in [-0.4, -0.2) is 76.2 Å². The Hall–Kier alpha value is -1.44. The van der Waals surface area contributed by atoms with Crippen molar-refractivity contribution in [2.75, 3.05) is 26.2 Å². The van der Waals surface area contributed by atoms with Gasteiger partial charge in [0, 0.05) is 12.0 Å². The van der Waals surface area contributed by atoms with Crippen LogP contribution in [0.5, 0.6) is 0 Å². The maximum Gasteiger partial charge on any atom is 0.341 e. The average Bonchev–Trinajstić information content (AvgIpc) is 3.14. The first-order valence-corrected chi connectivity index (χ1v) is 9.94. The molecule has 2 fully saturated rings. The van der Waals surface area contributed by atoms with Crippen molar-refractivity contribution in [3.05, 3.63) is 11.6 Å². The molecule has 0 amide bonds. The highest BCUT2D eigenvalue weighted by atomic mass is 16.6. The number of unbranched alkanes of at least 4 members (excludes halogenated alkanes) is 1. The first kappa shape index (κ1) is 20.3. The van der Waals surface area contributed by atoms with Gasteiger partial charge >= 0.3 is 11.9 Å². The molecule has 0 aromatic carbocycles. The number of rotatable bonds is 3. The molecular formula is C20H32NO6+. The Morgan fingerprint density at radius 3 is 2.67 bits per heavy atom. The molecule has 3 rings (SSSR count). The van der Waals surface area contributed by atoms with Gasteiger partial charge in [-0.15, -0.1) is 0 Å². The van der Waals surface area contributed by atoms with Crippen molar-refractivity contribution in [2.24, 2.45) is 5.92 Å². The van der Waals surface area contributed by atoms with Gasteiger partial charge in [0.1, 0.15) is 12.2 Å². The smallest absolute Gasteiger partial charge is 0.341 e. The van der Waals surface area contributed by atoms with Crippen molar-refractivity contribution >= 4 is 11.9 Å². The zero-order valence-electron chi connectivity index (χ0n) is 16.7. The van der Waals surface area contributed by atoms with Gasteiger partial charge in [0.25, 0.3) is 0 Å². The Kier molecular flexibility index (Phi) is 5.16. The minimum Gasteiger partial charge on any atom is -0.459 e. The maximum absolute atomic E-state index is 12.8. The van der Waals surface area contributed by atoms with E-state index in [1.807, 2.05) is 0 Å². The second-order valence-electron chi connectivity index (χ2n) is 8.71. The summed E-state index contributed by atoms with van der Waals surface area (Å²) in [6.07, 6.45) is 4.70. The number of aliphatic hydroxyl groups is 2. The van der Waals surface area contributed by atoms with E-state index in [0.29, 0.717) is 0 Å². The first-order valence-electron chi connectivity index (χ1n) is 9.94. The lowest BCUT2D eigenvalue weighted by atomic mass is 9.76. The molecule has 0 aliphatic carbocycles. The molecule has 6 unspecified atom stereocenters. The SMILES string of the molecule is CCCC[N+]12CC=C3COC(=O)C(C)(O)C(C)(O)C(C)C(=O)OC(CC1)C32. The lowest BCUT2D eigenvalue weighted by molar-refractivity contribution is -0.925. The van der Waals surface area contributed by atoms with Crippen LogP contribution in [0.2, 0.25) is 0 Å². The zero-order chi connectivity index (χ0) is 20.0. The number of carbonyl (C=O) groups is 2. The van der Waals surface area contributed by atoms with E-state index in [2.05, 4.69) is 13.0 Å². The summed E-state index contributed by atoms with van der Waals surface area (Å²) in [6.45, 7) is 8.88. The molecular weight excluding hydrogens is 350 g/mol. The van der Waals surface area contributed by atoms with Gasteiger partial charge in [-0.05, 0) is 33.3 Å². The molecule has 0 spiro atoms. The molecule has 7 heteroatoms. The summed E-state index contributed by atoms with van der Waals surface area (Å²) in [5, 5.41) is 21.5. The van der Waals surface area contributed by atoms with Crippen LogP contribution in [0.15, 0.2) is 11.6 Å². The molecule has 0 bridgehead atoms. The van der Waals surface area contributed by atoms with Crippen LogP contribution in [-0.2, 0) is 19.1 Å². The molecule has 27 heavy (non-hydrogen) atoms. The summed E-state index contributed by atoms with van der Waals surface area (Å²) in [5.41, 5.74) is -3.29. The van der Waals surface area contributed by atoms with Crippen molar-refractivity contribution in [2.45, 2.75) is 70.3 Å². The lowest BCUT2D eigenvalue weighted by Gasteiger charge is -2.39. The zero-order valence-corrected chi connectivity index (χ0v) is 16.7. The fraction of sp³-hybridized carbons (Fsp3) is 0.800. The third-order valence-corrected chi connectivity index (χ3v) is 7.07. The van der Waals surface area contributed by atoms with Crippen LogP contribution >= 0.6 is 0 Å². The van der Waals surface area contributed by atoms with Crippen molar-refractivity contribution in [3.8, 4) is 0 Å². The monoisotopic (exact) mass is 382 g/mol. The second kappa shape index (κ2) is 6.87. The summed E-state index contributed by atoms with van der Waals surface area (Å²) >= 11 is 0. The van der Waals surface area contributed by atoms with Gasteiger partial charge < -0.3 is 24.2 Å². The fourth-order valence-electron chi connectivity index (χ4n) is 4.73. The van der Waals surface area contributed by atoms with E-state index in [-0.39, 0.29) is 18.8 Å². The molecule has 2 N–H and O–H groups in total. The lowest BCUT2D eigenvalue weighted by Crippen LogP contribution is -2.61. The maximum atomic E-state index is 12.8. The van der Waals surface area contributed by atoms with Crippen molar-refractivity contribution in [1.29, 1.82) is 0 Å². The van der Waals surface area contributed by atoms with Crippen LogP contribution < -0.4 is 0 Å². The molecule has 3 aliphatic heterocycles. The minimum atomic E-state index is -2.22. The normalized spacial score (nSPS) is 44.8. The van der Waals surface area contributed by atoms with Crippen LogP contribution in [0.1, 0.15) is 47.0 Å². The summed E-state index contributed by atoms with van der Waals surface area (Å²) in [4.78, 5) is 25.3. The highest BCUT2D eigenvalue weighted by Gasteiger charge is 2.59. The molecule has 7 nitrogen and oxygen atoms in total. The third-order valence-electron chi connectivity index (χ3n) is 7.07. The molecule has 0 saturated carbocycles. The third kappa shape index (κ3) is 3.09. The van der Waals surface area contributed by atoms with E-state index in [4.69, 9.17) is 9.47 Å². The van der Waals surface area contributed by atoms with E-state index >= 15 is 0 Å². The molecule has 0 aromatic rings. The highest BCUT2D eigenvalue weighted by molar-refractivity contribution is 5.83. The van der Waals surface area contributed by atoms with Crippen molar-refractivity contribution in [1.82, 2.24) is 0 Å². The molecule has 152 valence electrons. The van der Waals surface area contributed by atoms with E-state index in [1.54, 1.807) is 0 Å². The molecule has 3 aliphatic rings. The number of carbonyl (C=O) groups excluding carboxylic acids is 2. The molecule has 6 atom stereocenters. The van der Waals surface area contributed by atoms with Crippen LogP contribution in [0.3, 0.4) is 0 Å². The first-order chi connectivity index (χ1) is 12.6. The highest BCUT2D eigenvalue weighted by Crippen LogP contribution is 2.41. The Bertz CT molecular complexity index is 655. The van der Waals surface area contributed by atoms with Gasteiger partial charge in [0.2, 0.25) is 0 Å². The summed E-state index contributed by atoms with van der Waals surface area (Å²) in [7, 11) is 0. The Morgan fingerprint density at radius 2 is 2.00 bits per heavy atom. The molecule has 0 aromatic heterocycles. The predicted molar refractivity (Wildman–Crippen MR) is 97.5 cm³/mol. The van der Waals surface area contributed by atoms with Gasteiger partial charge in [0.05, 0.1) is 25.6 Å². The summed E-state index contributed by atoms with van der Waals surface area (Å²) < 4.78 is 12.1. The van der Waals surface area contributed by atoms with Crippen molar-refractivity contribution < 1.29 is 33.8 Å². The van der Waals surface area contributed by atoms with E-state index in [1.165, 1.54) is 20.8 Å². The Morgan fingerprint density at radius 1 is 1.30 bits per heavy atom. The van der Waals surface area contributed by atoms with Crippen molar-refractivity contribution in [3.63, 3.8) is 0 Å². The number of hydrogen-bond donors (Lipinski definition) is 2. The summed E-state index contributed by atoms with van der Waals surface area (Å²) in [6, 6.07) is -0.0199. The number of esters is 2. The molecule has 0 radical (unpaired) electrons. The van der Waals surface area contributed by atoms with Gasteiger partial charge in [0.15, 0.2) is 17.7 Å². The molecule has 2 saturated heterocycles. The average molecular weight is 382 g/mol.